The van der Waals surface area contributed by atoms with Crippen molar-refractivity contribution >= 4 is 35.2 Å². The molecule has 0 aromatic heterocycles. The lowest BCUT2D eigenvalue weighted by molar-refractivity contribution is -0.155. The van der Waals surface area contributed by atoms with E-state index in [0.717, 1.165) is 16.1 Å². The highest BCUT2D eigenvalue weighted by atomic mass is 32.2. The van der Waals surface area contributed by atoms with Crippen LogP contribution in [0.15, 0.2) is 47.4 Å². The predicted octanol–water partition coefficient (Wildman–Crippen LogP) is 2.47. The summed E-state index contributed by atoms with van der Waals surface area (Å²) >= 11 is 1.31. The summed E-state index contributed by atoms with van der Waals surface area (Å²) in [5, 5.41) is 4.90. The van der Waals surface area contributed by atoms with Gasteiger partial charge in [0.15, 0.2) is 17.6 Å². The molecule has 0 saturated heterocycles. The molecule has 0 unspecified atom stereocenters. The Morgan fingerprint density at radius 2 is 2.03 bits per heavy atom. The van der Waals surface area contributed by atoms with Gasteiger partial charge >= 0.3 is 5.97 Å². The zero-order chi connectivity index (χ0) is 21.1. The highest BCUT2D eigenvalue weighted by Gasteiger charge is 2.30. The lowest BCUT2D eigenvalue weighted by Gasteiger charge is -2.23. The Labute approximate surface area is 177 Å². The smallest absolute Gasteiger partial charge is 0.308 e. The second-order valence-electron chi connectivity index (χ2n) is 6.83. The van der Waals surface area contributed by atoms with Crippen molar-refractivity contribution in [2.24, 2.45) is 0 Å². The van der Waals surface area contributed by atoms with Gasteiger partial charge in [0.25, 0.3) is 5.91 Å². The molecule has 0 saturated carbocycles. The second kappa shape index (κ2) is 8.66. The molecule has 8 nitrogen and oxygen atoms in total. The standard InChI is InChI=1S/C21H20N2O6S/c1-12(20(25)22-10-13-6-7-15-16(8-13)28-11-27-15)29-19(24)9-18-21(26)23-14-4-2-3-5-17(14)30-18/h2-8,12,18H,9-11H2,1H3,(H,22,25)(H,23,26)/t12-,18-/m1/s1. The number of carbonyl (C=O) groups excluding carboxylic acids is 3. The Morgan fingerprint density at radius 3 is 2.90 bits per heavy atom. The van der Waals surface area contributed by atoms with E-state index >= 15 is 0 Å². The van der Waals surface area contributed by atoms with E-state index in [-0.39, 0.29) is 25.7 Å². The minimum absolute atomic E-state index is 0.120. The first-order valence-corrected chi connectivity index (χ1v) is 10.3. The van der Waals surface area contributed by atoms with Gasteiger partial charge in [-0.15, -0.1) is 11.8 Å². The number of hydrogen-bond acceptors (Lipinski definition) is 7. The number of thioether (sulfide) groups is 1. The Morgan fingerprint density at radius 1 is 1.23 bits per heavy atom. The van der Waals surface area contributed by atoms with Crippen LogP contribution >= 0.6 is 11.8 Å². The third-order valence-electron chi connectivity index (χ3n) is 4.64. The van der Waals surface area contributed by atoms with Crippen LogP contribution in [0.4, 0.5) is 5.69 Å². The van der Waals surface area contributed by atoms with E-state index in [4.69, 9.17) is 14.2 Å². The van der Waals surface area contributed by atoms with Crippen LogP contribution in [0.3, 0.4) is 0 Å². The molecule has 2 amide bonds. The van der Waals surface area contributed by atoms with E-state index in [9.17, 15) is 14.4 Å². The predicted molar refractivity (Wildman–Crippen MR) is 109 cm³/mol. The monoisotopic (exact) mass is 428 g/mol. The topological polar surface area (TPSA) is 103 Å². The minimum atomic E-state index is -0.976. The summed E-state index contributed by atoms with van der Waals surface area (Å²) in [5.74, 6) is 0.0149. The molecule has 9 heteroatoms. The molecular formula is C21H20N2O6S. The number of carbonyl (C=O) groups is 3. The average molecular weight is 428 g/mol. The van der Waals surface area contributed by atoms with Gasteiger partial charge in [0, 0.05) is 11.4 Å². The maximum absolute atomic E-state index is 12.3. The summed E-state index contributed by atoms with van der Waals surface area (Å²) < 4.78 is 15.8. The molecule has 30 heavy (non-hydrogen) atoms. The number of fused-ring (bicyclic) bond motifs is 2. The van der Waals surface area contributed by atoms with Gasteiger partial charge in [0.05, 0.1) is 17.4 Å². The quantitative estimate of drug-likeness (QED) is 0.682. The van der Waals surface area contributed by atoms with Crippen molar-refractivity contribution in [3.63, 3.8) is 0 Å². The van der Waals surface area contributed by atoms with E-state index in [1.54, 1.807) is 18.2 Å². The summed E-state index contributed by atoms with van der Waals surface area (Å²) in [6.07, 6.45) is -1.10. The van der Waals surface area contributed by atoms with Gasteiger partial charge in [0.2, 0.25) is 12.7 Å². The number of benzene rings is 2. The Balaban J connectivity index is 1.26. The van der Waals surface area contributed by atoms with Crippen LogP contribution in [-0.2, 0) is 25.7 Å². The van der Waals surface area contributed by atoms with Crippen molar-refractivity contribution in [2.45, 2.75) is 36.1 Å². The molecule has 0 fully saturated rings. The molecule has 0 bridgehead atoms. The van der Waals surface area contributed by atoms with Crippen molar-refractivity contribution in [3.05, 3.63) is 48.0 Å². The molecule has 2 N–H and O–H groups in total. The van der Waals surface area contributed by atoms with Crippen molar-refractivity contribution in [3.8, 4) is 11.5 Å². The summed E-state index contributed by atoms with van der Waals surface area (Å²) in [4.78, 5) is 37.6. The SMILES string of the molecule is C[C@@H](OC(=O)C[C@H]1Sc2ccccc2NC1=O)C(=O)NCc1ccc2c(c1)OCO2. The van der Waals surface area contributed by atoms with Gasteiger partial charge in [-0.2, -0.15) is 0 Å². The molecule has 2 aromatic rings. The molecule has 0 spiro atoms. The van der Waals surface area contributed by atoms with Gasteiger partial charge in [-0.05, 0) is 36.8 Å². The number of para-hydroxylation sites is 1. The molecule has 4 rings (SSSR count). The zero-order valence-corrected chi connectivity index (χ0v) is 17.0. The van der Waals surface area contributed by atoms with Gasteiger partial charge in [-0.3, -0.25) is 14.4 Å². The first-order chi connectivity index (χ1) is 14.5. The third-order valence-corrected chi connectivity index (χ3v) is 5.92. The molecular weight excluding hydrogens is 408 g/mol. The molecule has 2 heterocycles. The molecule has 2 aromatic carbocycles. The molecule has 0 aliphatic carbocycles. The average Bonchev–Trinajstić information content (AvgIpc) is 3.20. The highest BCUT2D eigenvalue weighted by molar-refractivity contribution is 8.01. The van der Waals surface area contributed by atoms with Gasteiger partial charge in [-0.1, -0.05) is 18.2 Å². The molecule has 156 valence electrons. The summed E-state index contributed by atoms with van der Waals surface area (Å²) in [7, 11) is 0. The number of esters is 1. The van der Waals surface area contributed by atoms with Crippen molar-refractivity contribution in [1.29, 1.82) is 0 Å². The molecule has 0 radical (unpaired) electrons. The fourth-order valence-electron chi connectivity index (χ4n) is 3.06. The van der Waals surface area contributed by atoms with E-state index in [2.05, 4.69) is 10.6 Å². The summed E-state index contributed by atoms with van der Waals surface area (Å²) in [5.41, 5.74) is 1.56. The zero-order valence-electron chi connectivity index (χ0n) is 16.2. The van der Waals surface area contributed by atoms with E-state index < -0.39 is 23.2 Å². The van der Waals surface area contributed by atoms with Crippen LogP contribution in [0, 0.1) is 0 Å². The highest BCUT2D eigenvalue weighted by Crippen LogP contribution is 2.36. The van der Waals surface area contributed by atoms with Gasteiger partial charge in [-0.25, -0.2) is 0 Å². The van der Waals surface area contributed by atoms with Gasteiger partial charge < -0.3 is 24.8 Å². The number of anilines is 1. The second-order valence-corrected chi connectivity index (χ2v) is 8.08. The summed E-state index contributed by atoms with van der Waals surface area (Å²) in [6.45, 7) is 1.94. The normalized spacial score (nSPS) is 17.5. The van der Waals surface area contributed by atoms with E-state index in [1.165, 1.54) is 18.7 Å². The number of ether oxygens (including phenoxy) is 3. The van der Waals surface area contributed by atoms with Crippen molar-refractivity contribution < 1.29 is 28.6 Å². The largest absolute Gasteiger partial charge is 0.454 e. The van der Waals surface area contributed by atoms with E-state index in [0.29, 0.717) is 11.5 Å². The Bertz CT molecular complexity index is 995. The maximum Gasteiger partial charge on any atom is 0.308 e. The van der Waals surface area contributed by atoms with Crippen molar-refractivity contribution in [1.82, 2.24) is 5.32 Å². The maximum atomic E-state index is 12.3. The lowest BCUT2D eigenvalue weighted by Crippen LogP contribution is -2.37. The molecule has 2 aliphatic rings. The minimum Gasteiger partial charge on any atom is -0.454 e. The van der Waals surface area contributed by atoms with Crippen LogP contribution in [-0.4, -0.2) is 35.9 Å². The van der Waals surface area contributed by atoms with Crippen LogP contribution in [0.25, 0.3) is 0 Å². The van der Waals surface area contributed by atoms with E-state index in [1.807, 2.05) is 24.3 Å². The Hall–Kier alpha value is -3.20. The number of amides is 2. The fraction of sp³-hybridized carbons (Fsp3) is 0.286. The number of rotatable bonds is 6. The molecule has 2 aliphatic heterocycles. The number of nitrogens with one attached hydrogen (secondary N) is 2. The van der Waals surface area contributed by atoms with Crippen molar-refractivity contribution in [2.75, 3.05) is 12.1 Å². The fourth-order valence-corrected chi connectivity index (χ4v) is 4.16. The number of hydrogen-bond donors (Lipinski definition) is 2. The molecule has 2 atom stereocenters. The summed E-state index contributed by atoms with van der Waals surface area (Å²) in [6, 6.07) is 12.8. The first-order valence-electron chi connectivity index (χ1n) is 9.42. The third kappa shape index (κ3) is 4.51. The van der Waals surface area contributed by atoms with Gasteiger partial charge in [0.1, 0.15) is 0 Å². The lowest BCUT2D eigenvalue weighted by atomic mass is 10.2. The Kier molecular flexibility index (Phi) is 5.80. The first kappa shape index (κ1) is 20.1. The van der Waals surface area contributed by atoms with Crippen LogP contribution in [0.5, 0.6) is 11.5 Å². The van der Waals surface area contributed by atoms with Crippen LogP contribution < -0.4 is 20.1 Å². The van der Waals surface area contributed by atoms with Crippen LogP contribution in [0.2, 0.25) is 0 Å². The van der Waals surface area contributed by atoms with Crippen LogP contribution in [0.1, 0.15) is 18.9 Å².